The van der Waals surface area contributed by atoms with Crippen molar-refractivity contribution < 1.29 is 8.81 Å². The highest BCUT2D eigenvalue weighted by atomic mass is 19.1. The average molecular weight is 672 g/mol. The van der Waals surface area contributed by atoms with Gasteiger partial charge in [0.25, 0.3) is 0 Å². The summed E-state index contributed by atoms with van der Waals surface area (Å²) in [5.74, 6) is -0.240. The molecule has 1 aliphatic carbocycles. The molecule has 3 heteroatoms. The van der Waals surface area contributed by atoms with E-state index in [0.29, 0.717) is 0 Å². The van der Waals surface area contributed by atoms with E-state index in [0.717, 1.165) is 72.0 Å². The van der Waals surface area contributed by atoms with Gasteiger partial charge in [-0.05, 0) is 98.2 Å². The summed E-state index contributed by atoms with van der Waals surface area (Å²) in [7, 11) is 0. The lowest BCUT2D eigenvalue weighted by Crippen LogP contribution is -2.16. The molecule has 1 aromatic heterocycles. The number of nitrogens with zero attached hydrogens (tertiary/aromatic N) is 1. The van der Waals surface area contributed by atoms with Crippen LogP contribution < -0.4 is 4.90 Å². The Morgan fingerprint density at radius 2 is 1.15 bits per heavy atom. The number of fused-ring (bicyclic) bond motifs is 7. The van der Waals surface area contributed by atoms with Crippen LogP contribution in [0.5, 0.6) is 0 Å². The molecule has 52 heavy (non-hydrogen) atoms. The van der Waals surface area contributed by atoms with Gasteiger partial charge in [0.1, 0.15) is 17.0 Å². The maximum absolute atomic E-state index is 14.4. The fourth-order valence-corrected chi connectivity index (χ4v) is 8.47. The number of rotatable bonds is 5. The Hall–Kier alpha value is -6.45. The van der Waals surface area contributed by atoms with Gasteiger partial charge in [-0.1, -0.05) is 129 Å². The van der Waals surface area contributed by atoms with Crippen molar-refractivity contribution >= 4 is 49.8 Å². The molecule has 0 atom stereocenters. The molecule has 9 aromatic rings. The van der Waals surface area contributed by atoms with Crippen LogP contribution in [0.25, 0.3) is 66.1 Å². The molecular formula is C49H34FNO. The quantitative estimate of drug-likeness (QED) is 0.181. The summed E-state index contributed by atoms with van der Waals surface area (Å²) in [5.41, 5.74) is 14.1. The van der Waals surface area contributed by atoms with E-state index < -0.39 is 0 Å². The Bertz CT molecular complexity index is 2840. The normalized spacial score (nSPS) is 13.1. The summed E-state index contributed by atoms with van der Waals surface area (Å²) in [6.07, 6.45) is 0. The highest BCUT2D eigenvalue weighted by molar-refractivity contribution is 6.08. The van der Waals surface area contributed by atoms with Crippen LogP contribution >= 0.6 is 0 Å². The molecule has 0 spiro atoms. The van der Waals surface area contributed by atoms with E-state index in [1.54, 1.807) is 12.1 Å². The Kier molecular flexibility index (Phi) is 6.74. The van der Waals surface area contributed by atoms with Crippen molar-refractivity contribution in [2.75, 3.05) is 4.90 Å². The second-order valence-electron chi connectivity index (χ2n) is 14.3. The summed E-state index contributed by atoms with van der Waals surface area (Å²) in [6, 6.07) is 58.7. The molecule has 2 nitrogen and oxygen atoms in total. The number of furan rings is 1. The van der Waals surface area contributed by atoms with Crippen molar-refractivity contribution in [3.63, 3.8) is 0 Å². The van der Waals surface area contributed by atoms with Crippen molar-refractivity contribution in [3.05, 3.63) is 187 Å². The Morgan fingerprint density at radius 3 is 1.98 bits per heavy atom. The van der Waals surface area contributed by atoms with Crippen LogP contribution in [-0.2, 0) is 5.41 Å². The lowest BCUT2D eigenvalue weighted by molar-refractivity contribution is 0.628. The number of benzene rings is 8. The van der Waals surface area contributed by atoms with Crippen LogP contribution in [0.2, 0.25) is 0 Å². The summed E-state index contributed by atoms with van der Waals surface area (Å²) in [6.45, 7) is 4.65. The molecule has 0 radical (unpaired) electrons. The van der Waals surface area contributed by atoms with Gasteiger partial charge in [-0.2, -0.15) is 0 Å². The van der Waals surface area contributed by atoms with Crippen LogP contribution in [0, 0.1) is 5.82 Å². The van der Waals surface area contributed by atoms with Gasteiger partial charge >= 0.3 is 0 Å². The molecule has 1 aliphatic rings. The smallest absolute Gasteiger partial charge is 0.137 e. The number of anilines is 3. The van der Waals surface area contributed by atoms with Crippen LogP contribution in [0.15, 0.2) is 174 Å². The van der Waals surface area contributed by atoms with E-state index >= 15 is 0 Å². The van der Waals surface area contributed by atoms with Crippen LogP contribution in [0.3, 0.4) is 0 Å². The first-order valence-electron chi connectivity index (χ1n) is 17.8. The van der Waals surface area contributed by atoms with Gasteiger partial charge in [0.15, 0.2) is 0 Å². The van der Waals surface area contributed by atoms with Gasteiger partial charge in [-0.15, -0.1) is 0 Å². The molecular weight excluding hydrogens is 638 g/mol. The van der Waals surface area contributed by atoms with Gasteiger partial charge in [-0.3, -0.25) is 0 Å². The number of halogens is 1. The van der Waals surface area contributed by atoms with Gasteiger partial charge in [-0.25, -0.2) is 4.39 Å². The van der Waals surface area contributed by atoms with E-state index in [9.17, 15) is 4.39 Å². The van der Waals surface area contributed by atoms with E-state index in [-0.39, 0.29) is 11.2 Å². The summed E-state index contributed by atoms with van der Waals surface area (Å²) < 4.78 is 20.8. The minimum absolute atomic E-state index is 0.131. The minimum atomic E-state index is -0.240. The Morgan fingerprint density at radius 1 is 0.500 bits per heavy atom. The first-order valence-corrected chi connectivity index (χ1v) is 17.8. The highest BCUT2D eigenvalue weighted by Crippen LogP contribution is 2.54. The highest BCUT2D eigenvalue weighted by Gasteiger charge is 2.37. The molecule has 0 bridgehead atoms. The molecule has 0 unspecified atom stereocenters. The standard InChI is InChI=1S/C49H34FNO/c1-49(2)42-19-5-3-16-41(42)48-43(49)20-10-21-44(48)51(36-27-28-40-39-15-4-6-22-45(39)52-46(40)30-36)35-25-23-31(24-26-35)37-17-8-11-32-12-9-18-38(47(32)37)33-13-7-14-34(50)29-33/h3-30H,1-2H3. The molecule has 8 aromatic carbocycles. The fourth-order valence-electron chi connectivity index (χ4n) is 8.47. The van der Waals surface area contributed by atoms with Gasteiger partial charge in [0.05, 0.1) is 5.69 Å². The topological polar surface area (TPSA) is 16.4 Å². The molecule has 0 aliphatic heterocycles. The van der Waals surface area contributed by atoms with Crippen LogP contribution in [0.4, 0.5) is 21.5 Å². The van der Waals surface area contributed by atoms with E-state index in [4.69, 9.17) is 4.42 Å². The minimum Gasteiger partial charge on any atom is -0.456 e. The molecule has 0 saturated carbocycles. The zero-order valence-corrected chi connectivity index (χ0v) is 28.9. The lowest BCUT2D eigenvalue weighted by atomic mass is 9.82. The third kappa shape index (κ3) is 4.63. The Balaban J connectivity index is 1.17. The first-order chi connectivity index (χ1) is 25.5. The number of para-hydroxylation sites is 1. The van der Waals surface area contributed by atoms with E-state index in [1.165, 1.54) is 28.3 Å². The molecule has 0 N–H and O–H groups in total. The van der Waals surface area contributed by atoms with Crippen LogP contribution in [-0.4, -0.2) is 0 Å². The average Bonchev–Trinajstić information content (AvgIpc) is 3.66. The molecule has 248 valence electrons. The molecule has 0 amide bonds. The fraction of sp³-hybridized carbons (Fsp3) is 0.0612. The van der Waals surface area contributed by atoms with Crippen molar-refractivity contribution in [2.24, 2.45) is 0 Å². The first kappa shape index (κ1) is 30.4. The summed E-state index contributed by atoms with van der Waals surface area (Å²) >= 11 is 0. The maximum Gasteiger partial charge on any atom is 0.137 e. The third-order valence-corrected chi connectivity index (χ3v) is 10.9. The predicted molar refractivity (Wildman–Crippen MR) is 214 cm³/mol. The molecule has 0 saturated heterocycles. The SMILES string of the molecule is CC1(C)c2ccccc2-c2c(N(c3ccc(-c4cccc5cccc(-c6cccc(F)c6)c45)cc3)c3ccc4c(c3)oc3ccccc34)cccc21. The zero-order valence-electron chi connectivity index (χ0n) is 28.9. The number of hydrogen-bond donors (Lipinski definition) is 0. The molecule has 1 heterocycles. The van der Waals surface area contributed by atoms with E-state index in [2.05, 4.69) is 146 Å². The predicted octanol–water partition coefficient (Wildman–Crippen LogP) is 14.0. The zero-order chi connectivity index (χ0) is 35.0. The summed E-state index contributed by atoms with van der Waals surface area (Å²) in [5, 5.41) is 4.44. The second-order valence-corrected chi connectivity index (χ2v) is 14.3. The monoisotopic (exact) mass is 671 g/mol. The Labute approximate surface area is 302 Å². The van der Waals surface area contributed by atoms with Crippen molar-refractivity contribution in [2.45, 2.75) is 19.3 Å². The van der Waals surface area contributed by atoms with Crippen LogP contribution in [0.1, 0.15) is 25.0 Å². The van der Waals surface area contributed by atoms with Gasteiger partial charge in [0.2, 0.25) is 0 Å². The lowest BCUT2D eigenvalue weighted by Gasteiger charge is -2.29. The molecule has 10 rings (SSSR count). The van der Waals surface area contributed by atoms with Gasteiger partial charge in [0, 0.05) is 39.2 Å². The van der Waals surface area contributed by atoms with Crippen molar-refractivity contribution in [1.82, 2.24) is 0 Å². The van der Waals surface area contributed by atoms with Crippen molar-refractivity contribution in [3.8, 4) is 33.4 Å². The van der Waals surface area contributed by atoms with E-state index in [1.807, 2.05) is 24.3 Å². The van der Waals surface area contributed by atoms with Gasteiger partial charge < -0.3 is 9.32 Å². The third-order valence-electron chi connectivity index (χ3n) is 10.9. The largest absolute Gasteiger partial charge is 0.456 e. The maximum atomic E-state index is 14.4. The van der Waals surface area contributed by atoms with Crippen molar-refractivity contribution in [1.29, 1.82) is 0 Å². The summed E-state index contributed by atoms with van der Waals surface area (Å²) in [4.78, 5) is 2.37. The molecule has 0 fully saturated rings. The second kappa shape index (κ2) is 11.5. The number of hydrogen-bond acceptors (Lipinski definition) is 2.